The highest BCUT2D eigenvalue weighted by Crippen LogP contribution is 2.36. The molecule has 172 valence electrons. The topological polar surface area (TPSA) is 125 Å². The van der Waals surface area contributed by atoms with Crippen molar-refractivity contribution in [3.05, 3.63) is 41.2 Å². The molecule has 1 amide bonds. The number of amides is 1. The summed E-state index contributed by atoms with van der Waals surface area (Å²) in [6.45, 7) is 1.89. The summed E-state index contributed by atoms with van der Waals surface area (Å²) in [5.74, 6) is -0.377. The molecule has 32 heavy (non-hydrogen) atoms. The van der Waals surface area contributed by atoms with Crippen LogP contribution < -0.4 is 32.3 Å². The predicted molar refractivity (Wildman–Crippen MR) is 127 cm³/mol. The summed E-state index contributed by atoms with van der Waals surface area (Å²) >= 11 is 0. The second kappa shape index (κ2) is 8.93. The molecule has 1 aliphatic heterocycles. The lowest BCUT2D eigenvalue weighted by molar-refractivity contribution is 0.0902. The molecular formula is C23H33N7O2. The monoisotopic (exact) mass is 439 g/mol. The zero-order valence-electron chi connectivity index (χ0n) is 19.0. The second-order valence-electron chi connectivity index (χ2n) is 8.61. The number of piperidine rings is 1. The van der Waals surface area contributed by atoms with E-state index in [2.05, 4.69) is 26.6 Å². The molecule has 2 aromatic rings. The van der Waals surface area contributed by atoms with Crippen LogP contribution in [0.3, 0.4) is 0 Å². The van der Waals surface area contributed by atoms with Crippen molar-refractivity contribution in [2.45, 2.75) is 37.4 Å². The number of nitrogens with one attached hydrogen (secondary N) is 5. The Labute approximate surface area is 188 Å². The Morgan fingerprint density at radius 1 is 1.12 bits per heavy atom. The first-order chi connectivity index (χ1) is 15.4. The molecule has 1 aromatic carbocycles. The number of rotatable bonds is 7. The summed E-state index contributed by atoms with van der Waals surface area (Å²) in [6.07, 6.45) is 4.92. The largest absolute Gasteiger partial charge is 0.386 e. The van der Waals surface area contributed by atoms with Gasteiger partial charge in [-0.15, -0.1) is 0 Å². The van der Waals surface area contributed by atoms with Crippen LogP contribution in [0.25, 0.3) is 5.69 Å². The Bertz CT molecular complexity index is 1020. The van der Waals surface area contributed by atoms with Gasteiger partial charge in [-0.3, -0.25) is 9.59 Å². The van der Waals surface area contributed by atoms with Crippen molar-refractivity contribution in [2.75, 3.05) is 44.9 Å². The number of primary amides is 1. The van der Waals surface area contributed by atoms with Crippen molar-refractivity contribution in [2.24, 2.45) is 5.73 Å². The third-order valence-electron chi connectivity index (χ3n) is 6.79. The molecule has 7 N–H and O–H groups in total. The van der Waals surface area contributed by atoms with E-state index in [0.29, 0.717) is 18.4 Å². The number of benzene rings is 1. The van der Waals surface area contributed by atoms with E-state index < -0.39 is 11.6 Å². The number of nitrogens with two attached hydrogens (primary N) is 1. The predicted octanol–water partition coefficient (Wildman–Crippen LogP) is 1.05. The third kappa shape index (κ3) is 3.99. The highest BCUT2D eigenvalue weighted by molar-refractivity contribution is 6.04. The molecule has 0 saturated carbocycles. The van der Waals surface area contributed by atoms with Gasteiger partial charge in [0.15, 0.2) is 5.78 Å². The maximum absolute atomic E-state index is 13.1. The number of aromatic nitrogens is 1. The summed E-state index contributed by atoms with van der Waals surface area (Å²) in [5, 5.41) is 16.6. The molecule has 0 unspecified atom stereocenters. The number of hydrogen-bond donors (Lipinski definition) is 6. The normalized spacial score (nSPS) is 18.3. The summed E-state index contributed by atoms with van der Waals surface area (Å²) < 4.78 is 2.04. The highest BCUT2D eigenvalue weighted by atomic mass is 16.1. The van der Waals surface area contributed by atoms with Gasteiger partial charge in [-0.1, -0.05) is 0 Å². The summed E-state index contributed by atoms with van der Waals surface area (Å²) in [5.41, 5.74) is 9.68. The van der Waals surface area contributed by atoms with Gasteiger partial charge >= 0.3 is 0 Å². The van der Waals surface area contributed by atoms with E-state index in [0.717, 1.165) is 54.3 Å². The number of hydrogen-bond acceptors (Lipinski definition) is 7. The number of Topliss-reactive ketones (excluding diaryl/α,β-unsaturated/α-hetero) is 1. The first-order valence-corrected chi connectivity index (χ1v) is 11.2. The van der Waals surface area contributed by atoms with Crippen LogP contribution in [0.1, 0.15) is 45.7 Å². The average molecular weight is 440 g/mol. The standard InChI is InChI=1S/C23H33N7O2/c1-25-18-13-30(19-11-23(26-2,27-3)12-20(31)21(18)19)15-4-5-16(22(24)32)17(10-15)29-14-6-8-28-9-7-14/h4-5,10,13-14,25-29H,6-9,11-12H2,1-3H3,(H2,24,32). The lowest BCUT2D eigenvalue weighted by Gasteiger charge is -2.36. The van der Waals surface area contributed by atoms with Crippen molar-refractivity contribution < 1.29 is 9.59 Å². The van der Waals surface area contributed by atoms with Gasteiger partial charge in [0.25, 0.3) is 5.91 Å². The molecule has 1 fully saturated rings. The Morgan fingerprint density at radius 3 is 2.47 bits per heavy atom. The minimum atomic E-state index is -0.505. The van der Waals surface area contributed by atoms with Gasteiger partial charge in [0, 0.05) is 49.2 Å². The fourth-order valence-electron chi connectivity index (χ4n) is 4.84. The van der Waals surface area contributed by atoms with Crippen molar-refractivity contribution in [3.63, 3.8) is 0 Å². The van der Waals surface area contributed by atoms with E-state index in [1.54, 1.807) is 6.07 Å². The summed E-state index contributed by atoms with van der Waals surface area (Å²) in [6, 6.07) is 5.88. The van der Waals surface area contributed by atoms with Gasteiger partial charge in [0.1, 0.15) is 0 Å². The third-order valence-corrected chi connectivity index (χ3v) is 6.79. The second-order valence-corrected chi connectivity index (χ2v) is 8.61. The maximum Gasteiger partial charge on any atom is 0.250 e. The van der Waals surface area contributed by atoms with Crippen LogP contribution in [-0.2, 0) is 6.42 Å². The van der Waals surface area contributed by atoms with Crippen molar-refractivity contribution in [1.29, 1.82) is 0 Å². The van der Waals surface area contributed by atoms with E-state index in [-0.39, 0.29) is 11.8 Å². The lowest BCUT2D eigenvalue weighted by Crippen LogP contribution is -2.58. The van der Waals surface area contributed by atoms with Gasteiger partial charge in [-0.2, -0.15) is 0 Å². The zero-order valence-corrected chi connectivity index (χ0v) is 19.0. The van der Waals surface area contributed by atoms with Gasteiger partial charge in [-0.25, -0.2) is 0 Å². The molecule has 0 spiro atoms. The van der Waals surface area contributed by atoms with Gasteiger partial charge in [-0.05, 0) is 58.2 Å². The first-order valence-electron chi connectivity index (χ1n) is 11.2. The van der Waals surface area contributed by atoms with Crippen molar-refractivity contribution in [3.8, 4) is 5.69 Å². The van der Waals surface area contributed by atoms with Crippen LogP contribution in [0.15, 0.2) is 24.4 Å². The molecule has 0 bridgehead atoms. The van der Waals surface area contributed by atoms with Gasteiger partial charge in [0.2, 0.25) is 0 Å². The van der Waals surface area contributed by atoms with E-state index in [1.807, 2.05) is 44.0 Å². The fourth-order valence-corrected chi connectivity index (χ4v) is 4.84. The number of fused-ring (bicyclic) bond motifs is 1. The minimum absolute atomic E-state index is 0.0832. The quantitative estimate of drug-likeness (QED) is 0.356. The molecule has 1 aliphatic carbocycles. The first kappa shape index (κ1) is 22.3. The van der Waals surface area contributed by atoms with Crippen molar-refractivity contribution >= 4 is 23.1 Å². The van der Waals surface area contributed by atoms with Crippen molar-refractivity contribution in [1.82, 2.24) is 20.5 Å². The number of likely N-dealkylation sites (N-methyl/N-ethyl adjacent to an activating group) is 2. The Balaban J connectivity index is 1.79. The summed E-state index contributed by atoms with van der Waals surface area (Å²) in [7, 11) is 5.55. The zero-order chi connectivity index (χ0) is 22.9. The van der Waals surface area contributed by atoms with E-state index >= 15 is 0 Å². The van der Waals surface area contributed by atoms with Crippen LogP contribution in [-0.4, -0.2) is 62.2 Å². The molecule has 1 saturated heterocycles. The SMILES string of the molecule is CNc1cn(-c2ccc(C(N)=O)c(NC3CCNCC3)c2)c2c1C(=O)CC(NC)(NC)C2. The van der Waals surface area contributed by atoms with Crippen LogP contribution >= 0.6 is 0 Å². The van der Waals surface area contributed by atoms with E-state index in [4.69, 9.17) is 5.73 Å². The number of carbonyl (C=O) groups excluding carboxylic acids is 2. The van der Waals surface area contributed by atoms with Crippen LogP contribution in [0.4, 0.5) is 11.4 Å². The molecule has 0 atom stereocenters. The molecule has 9 heteroatoms. The van der Waals surface area contributed by atoms with Gasteiger partial charge in [0.05, 0.1) is 22.5 Å². The van der Waals surface area contributed by atoms with E-state index in [1.165, 1.54) is 0 Å². The summed E-state index contributed by atoms with van der Waals surface area (Å²) in [4.78, 5) is 25.2. The maximum atomic E-state index is 13.1. The molecule has 0 radical (unpaired) electrons. The smallest absolute Gasteiger partial charge is 0.250 e. The minimum Gasteiger partial charge on any atom is -0.386 e. The number of nitrogens with zero attached hydrogens (tertiary/aromatic N) is 1. The van der Waals surface area contributed by atoms with Crippen LogP contribution in [0, 0.1) is 0 Å². The average Bonchev–Trinajstić information content (AvgIpc) is 3.18. The molecule has 9 nitrogen and oxygen atoms in total. The fraction of sp³-hybridized carbons (Fsp3) is 0.478. The van der Waals surface area contributed by atoms with Gasteiger partial charge < -0.3 is 36.9 Å². The number of anilines is 2. The molecule has 2 heterocycles. The molecule has 2 aliphatic rings. The lowest BCUT2D eigenvalue weighted by atomic mass is 9.86. The van der Waals surface area contributed by atoms with Crippen LogP contribution in [0.5, 0.6) is 0 Å². The molecule has 1 aromatic heterocycles. The molecular weight excluding hydrogens is 406 g/mol. The molecule has 4 rings (SSSR count). The van der Waals surface area contributed by atoms with E-state index in [9.17, 15) is 9.59 Å². The highest BCUT2D eigenvalue weighted by Gasteiger charge is 2.40. The Kier molecular flexibility index (Phi) is 6.23. The number of carbonyl (C=O) groups is 2. The Hall–Kier alpha value is -2.88. The van der Waals surface area contributed by atoms with Crippen LogP contribution in [0.2, 0.25) is 0 Å². The Morgan fingerprint density at radius 2 is 1.84 bits per heavy atom. The number of ketones is 1.